The van der Waals surface area contributed by atoms with Crippen LogP contribution in [0.25, 0.3) is 0 Å². The molecule has 1 fully saturated rings. The highest BCUT2D eigenvalue weighted by atomic mass is 19.1. The minimum Gasteiger partial charge on any atom is -0.393 e. The van der Waals surface area contributed by atoms with Crippen molar-refractivity contribution < 1.29 is 9.50 Å². The molecule has 0 radical (unpaired) electrons. The minimum atomic E-state index is -0.328. The van der Waals surface area contributed by atoms with Gasteiger partial charge in [-0.1, -0.05) is 31.7 Å². The normalized spacial score (nSPS) is 18.2. The summed E-state index contributed by atoms with van der Waals surface area (Å²) in [5.74, 6) is 0.604. The second-order valence-corrected chi connectivity index (χ2v) is 5.66. The monoisotopic (exact) mass is 250 g/mol. The highest BCUT2D eigenvalue weighted by molar-refractivity contribution is 5.27. The van der Waals surface area contributed by atoms with E-state index in [0.717, 1.165) is 29.9 Å². The van der Waals surface area contributed by atoms with E-state index < -0.39 is 0 Å². The molecular formula is C16H23FO. The van der Waals surface area contributed by atoms with Gasteiger partial charge in [0.25, 0.3) is 0 Å². The van der Waals surface area contributed by atoms with Gasteiger partial charge in [0.05, 0.1) is 6.10 Å². The van der Waals surface area contributed by atoms with Gasteiger partial charge in [-0.3, -0.25) is 0 Å². The predicted molar refractivity (Wildman–Crippen MR) is 72.0 cm³/mol. The van der Waals surface area contributed by atoms with Crippen LogP contribution in [-0.2, 0) is 6.42 Å². The van der Waals surface area contributed by atoms with E-state index in [-0.39, 0.29) is 11.9 Å². The molecule has 0 aliphatic heterocycles. The average Bonchev–Trinajstić information content (AvgIpc) is 2.84. The highest BCUT2D eigenvalue weighted by Crippen LogP contribution is 2.29. The van der Waals surface area contributed by atoms with Crippen molar-refractivity contribution in [3.8, 4) is 0 Å². The van der Waals surface area contributed by atoms with Crippen LogP contribution in [0.1, 0.15) is 49.7 Å². The van der Waals surface area contributed by atoms with E-state index in [1.54, 1.807) is 12.1 Å². The van der Waals surface area contributed by atoms with E-state index in [1.165, 1.54) is 31.7 Å². The molecule has 1 aliphatic carbocycles. The fourth-order valence-electron chi connectivity index (χ4n) is 2.94. The van der Waals surface area contributed by atoms with Crippen molar-refractivity contribution in [1.82, 2.24) is 0 Å². The van der Waals surface area contributed by atoms with Crippen molar-refractivity contribution in [1.29, 1.82) is 0 Å². The number of halogens is 1. The predicted octanol–water partition coefficient (Wildman–Crippen LogP) is 4.01. The van der Waals surface area contributed by atoms with Crippen LogP contribution in [-0.4, -0.2) is 11.2 Å². The van der Waals surface area contributed by atoms with E-state index in [4.69, 9.17) is 0 Å². The lowest BCUT2D eigenvalue weighted by atomic mass is 9.95. The third-order valence-corrected chi connectivity index (χ3v) is 4.15. The highest BCUT2D eigenvalue weighted by Gasteiger charge is 2.17. The van der Waals surface area contributed by atoms with Crippen molar-refractivity contribution in [2.75, 3.05) is 0 Å². The molecule has 1 unspecified atom stereocenters. The number of rotatable bonds is 5. The Morgan fingerprint density at radius 2 is 2.06 bits per heavy atom. The smallest absolute Gasteiger partial charge is 0.123 e. The van der Waals surface area contributed by atoms with Crippen LogP contribution in [0.5, 0.6) is 0 Å². The number of aryl methyl sites for hydroxylation is 1. The Kier molecular flexibility index (Phi) is 4.76. The van der Waals surface area contributed by atoms with E-state index in [0.29, 0.717) is 6.42 Å². The molecule has 0 spiro atoms. The van der Waals surface area contributed by atoms with E-state index >= 15 is 0 Å². The lowest BCUT2D eigenvalue weighted by Gasteiger charge is -2.15. The first-order chi connectivity index (χ1) is 8.65. The quantitative estimate of drug-likeness (QED) is 0.837. The van der Waals surface area contributed by atoms with E-state index in [1.807, 2.05) is 6.92 Å². The zero-order chi connectivity index (χ0) is 13.0. The molecule has 1 nitrogen and oxygen atoms in total. The van der Waals surface area contributed by atoms with Gasteiger partial charge in [0.2, 0.25) is 0 Å². The van der Waals surface area contributed by atoms with Crippen molar-refractivity contribution in [2.24, 2.45) is 5.92 Å². The first-order valence-electron chi connectivity index (χ1n) is 7.08. The molecule has 0 bridgehead atoms. The maximum Gasteiger partial charge on any atom is 0.123 e. The summed E-state index contributed by atoms with van der Waals surface area (Å²) in [6.45, 7) is 1.97. The Balaban J connectivity index is 1.82. The fraction of sp³-hybridized carbons (Fsp3) is 0.625. The van der Waals surface area contributed by atoms with Crippen LogP contribution in [0, 0.1) is 18.7 Å². The molecule has 0 heterocycles. The zero-order valence-corrected chi connectivity index (χ0v) is 11.2. The number of benzene rings is 1. The van der Waals surface area contributed by atoms with Gasteiger partial charge in [-0.05, 0) is 55.4 Å². The van der Waals surface area contributed by atoms with Crippen LogP contribution in [0.2, 0.25) is 0 Å². The molecule has 1 aromatic carbocycles. The van der Waals surface area contributed by atoms with Crippen LogP contribution in [0.3, 0.4) is 0 Å². The standard InChI is InChI=1S/C16H23FO/c1-12-6-8-15(17)10-14(12)11-16(18)9-7-13-4-2-3-5-13/h6,8,10,13,16,18H,2-5,7,9,11H2,1H3. The Morgan fingerprint density at radius 1 is 1.33 bits per heavy atom. The molecule has 100 valence electrons. The van der Waals surface area contributed by atoms with Gasteiger partial charge in [-0.25, -0.2) is 4.39 Å². The first-order valence-corrected chi connectivity index (χ1v) is 7.08. The molecule has 1 aliphatic rings. The number of aliphatic hydroxyl groups excluding tert-OH is 1. The van der Waals surface area contributed by atoms with Gasteiger partial charge in [-0.15, -0.1) is 0 Å². The largest absolute Gasteiger partial charge is 0.393 e. The topological polar surface area (TPSA) is 20.2 Å². The van der Waals surface area contributed by atoms with Crippen LogP contribution >= 0.6 is 0 Å². The second-order valence-electron chi connectivity index (χ2n) is 5.66. The first kappa shape index (κ1) is 13.5. The van der Waals surface area contributed by atoms with Crippen molar-refractivity contribution in [2.45, 2.75) is 58.0 Å². The van der Waals surface area contributed by atoms with E-state index in [2.05, 4.69) is 0 Å². The van der Waals surface area contributed by atoms with Gasteiger partial charge in [0.1, 0.15) is 5.82 Å². The van der Waals surface area contributed by atoms with Crippen LogP contribution in [0.15, 0.2) is 18.2 Å². The maximum absolute atomic E-state index is 13.1. The molecule has 1 aromatic rings. The third-order valence-electron chi connectivity index (χ3n) is 4.15. The number of aliphatic hydroxyl groups is 1. The van der Waals surface area contributed by atoms with Crippen molar-refractivity contribution in [3.63, 3.8) is 0 Å². The van der Waals surface area contributed by atoms with E-state index in [9.17, 15) is 9.50 Å². The molecule has 1 atom stereocenters. The fourth-order valence-corrected chi connectivity index (χ4v) is 2.94. The minimum absolute atomic E-state index is 0.210. The molecule has 2 rings (SSSR count). The van der Waals surface area contributed by atoms with Gasteiger partial charge >= 0.3 is 0 Å². The molecule has 0 amide bonds. The number of hydrogen-bond acceptors (Lipinski definition) is 1. The molecule has 1 N–H and O–H groups in total. The Labute approximate surface area is 109 Å². The van der Waals surface area contributed by atoms with Crippen molar-refractivity contribution in [3.05, 3.63) is 35.1 Å². The second kappa shape index (κ2) is 6.33. The van der Waals surface area contributed by atoms with Crippen LogP contribution in [0.4, 0.5) is 4.39 Å². The molecule has 0 saturated heterocycles. The third kappa shape index (κ3) is 3.81. The molecule has 18 heavy (non-hydrogen) atoms. The Hall–Kier alpha value is -0.890. The Bertz CT molecular complexity index is 383. The summed E-state index contributed by atoms with van der Waals surface area (Å²) in [5, 5.41) is 10.1. The molecular weight excluding hydrogens is 227 g/mol. The lowest BCUT2D eigenvalue weighted by molar-refractivity contribution is 0.154. The van der Waals surface area contributed by atoms with Gasteiger partial charge in [0.15, 0.2) is 0 Å². The molecule has 2 heteroatoms. The van der Waals surface area contributed by atoms with Crippen molar-refractivity contribution >= 4 is 0 Å². The van der Waals surface area contributed by atoms with Gasteiger partial charge in [-0.2, -0.15) is 0 Å². The van der Waals surface area contributed by atoms with Gasteiger partial charge in [0, 0.05) is 0 Å². The zero-order valence-electron chi connectivity index (χ0n) is 11.2. The summed E-state index contributed by atoms with van der Waals surface area (Å²) in [6.07, 6.45) is 7.57. The lowest BCUT2D eigenvalue weighted by Crippen LogP contribution is -2.13. The summed E-state index contributed by atoms with van der Waals surface area (Å²) in [5.41, 5.74) is 2.00. The summed E-state index contributed by atoms with van der Waals surface area (Å²) in [4.78, 5) is 0. The molecule has 0 aromatic heterocycles. The summed E-state index contributed by atoms with van der Waals surface area (Å²) in [7, 11) is 0. The van der Waals surface area contributed by atoms with Crippen LogP contribution < -0.4 is 0 Å². The van der Waals surface area contributed by atoms with Gasteiger partial charge < -0.3 is 5.11 Å². The summed E-state index contributed by atoms with van der Waals surface area (Å²) >= 11 is 0. The summed E-state index contributed by atoms with van der Waals surface area (Å²) in [6, 6.07) is 4.81. The average molecular weight is 250 g/mol. The SMILES string of the molecule is Cc1ccc(F)cc1CC(O)CCC1CCCC1. The molecule has 1 saturated carbocycles. The maximum atomic E-state index is 13.1. The summed E-state index contributed by atoms with van der Waals surface area (Å²) < 4.78 is 13.1. The number of hydrogen-bond donors (Lipinski definition) is 1. The Morgan fingerprint density at radius 3 is 2.78 bits per heavy atom.